The molecule has 0 unspecified atom stereocenters. The molecule has 2 N–H and O–H groups in total. The molecule has 6 heteroatoms. The highest BCUT2D eigenvalue weighted by Crippen LogP contribution is 2.23. The normalized spacial score (nSPS) is 11.0. The number of hydrogen-bond donors (Lipinski definition) is 2. The van der Waals surface area contributed by atoms with Crippen LogP contribution in [0.25, 0.3) is 22.4 Å². The van der Waals surface area contributed by atoms with Gasteiger partial charge in [0.05, 0.1) is 17.5 Å². The minimum atomic E-state index is -0.945. The number of nitrogens with zero attached hydrogens (tertiary/aromatic N) is 1. The van der Waals surface area contributed by atoms with E-state index in [2.05, 4.69) is 9.97 Å². The first kappa shape index (κ1) is 13.2. The summed E-state index contributed by atoms with van der Waals surface area (Å²) >= 11 is 0. The largest absolute Gasteiger partial charge is 0.481 e. The molecule has 3 rings (SSSR count). The molecule has 0 aliphatic heterocycles. The molecule has 0 atom stereocenters. The highest BCUT2D eigenvalue weighted by molar-refractivity contribution is 5.81. The van der Waals surface area contributed by atoms with Crippen LogP contribution < -0.4 is 0 Å². The topological polar surface area (TPSA) is 66.0 Å². The molecular weight excluding hydrogens is 278 g/mol. The monoisotopic (exact) mass is 288 g/mol. The van der Waals surface area contributed by atoms with E-state index in [1.807, 2.05) is 0 Å². The summed E-state index contributed by atoms with van der Waals surface area (Å²) in [4.78, 5) is 18.0. The van der Waals surface area contributed by atoms with Gasteiger partial charge >= 0.3 is 5.97 Å². The number of carboxylic acid groups (broad SMARTS) is 1. The van der Waals surface area contributed by atoms with Crippen LogP contribution in [-0.4, -0.2) is 21.0 Å². The zero-order chi connectivity index (χ0) is 15.0. The Bertz CT molecular complexity index is 843. The quantitative estimate of drug-likeness (QED) is 0.778. The minimum Gasteiger partial charge on any atom is -0.481 e. The zero-order valence-electron chi connectivity index (χ0n) is 10.7. The Morgan fingerprint density at radius 1 is 1.14 bits per heavy atom. The summed E-state index contributed by atoms with van der Waals surface area (Å²) in [6, 6.07) is 8.56. The molecular formula is C15H10F2N2O2. The van der Waals surface area contributed by atoms with Crippen molar-refractivity contribution < 1.29 is 18.7 Å². The SMILES string of the molecule is O=C(O)Cc1ccc2nc(-c3ccc(F)c(F)c3)[nH]c2c1. The van der Waals surface area contributed by atoms with Crippen molar-refractivity contribution in [2.45, 2.75) is 6.42 Å². The van der Waals surface area contributed by atoms with Crippen molar-refractivity contribution >= 4 is 17.0 Å². The van der Waals surface area contributed by atoms with Crippen LogP contribution in [0.1, 0.15) is 5.56 Å². The van der Waals surface area contributed by atoms with Gasteiger partial charge in [-0.2, -0.15) is 0 Å². The first-order chi connectivity index (χ1) is 10.0. The molecule has 0 fully saturated rings. The Kier molecular flexibility index (Phi) is 3.13. The fraction of sp³-hybridized carbons (Fsp3) is 0.0667. The number of H-pyrrole nitrogens is 1. The highest BCUT2D eigenvalue weighted by Gasteiger charge is 2.10. The third-order valence-electron chi connectivity index (χ3n) is 3.09. The molecule has 1 heterocycles. The van der Waals surface area contributed by atoms with Crippen LogP contribution in [0, 0.1) is 11.6 Å². The number of imidazole rings is 1. The number of hydrogen-bond acceptors (Lipinski definition) is 2. The molecule has 0 amide bonds. The van der Waals surface area contributed by atoms with Crippen LogP contribution in [0.5, 0.6) is 0 Å². The van der Waals surface area contributed by atoms with Crippen LogP contribution in [0.15, 0.2) is 36.4 Å². The van der Waals surface area contributed by atoms with Crippen LogP contribution >= 0.6 is 0 Å². The number of nitrogens with one attached hydrogen (secondary N) is 1. The summed E-state index contributed by atoms with van der Waals surface area (Å²) in [5.41, 5.74) is 2.33. The van der Waals surface area contributed by atoms with Gasteiger partial charge in [0, 0.05) is 5.56 Å². The van der Waals surface area contributed by atoms with Gasteiger partial charge in [-0.15, -0.1) is 0 Å². The van der Waals surface area contributed by atoms with Crippen LogP contribution in [0.4, 0.5) is 8.78 Å². The lowest BCUT2D eigenvalue weighted by Crippen LogP contribution is -1.99. The van der Waals surface area contributed by atoms with Gasteiger partial charge in [-0.25, -0.2) is 13.8 Å². The van der Waals surface area contributed by atoms with E-state index in [1.165, 1.54) is 6.07 Å². The fourth-order valence-corrected chi connectivity index (χ4v) is 2.12. The Labute approximate surface area is 118 Å². The lowest BCUT2D eigenvalue weighted by atomic mass is 10.1. The highest BCUT2D eigenvalue weighted by atomic mass is 19.2. The van der Waals surface area contributed by atoms with Gasteiger partial charge in [-0.3, -0.25) is 4.79 Å². The summed E-state index contributed by atoms with van der Waals surface area (Å²) in [5, 5.41) is 8.78. The summed E-state index contributed by atoms with van der Waals surface area (Å²) in [6.45, 7) is 0. The lowest BCUT2D eigenvalue weighted by molar-refractivity contribution is -0.136. The fourth-order valence-electron chi connectivity index (χ4n) is 2.12. The van der Waals surface area contributed by atoms with Crippen LogP contribution in [0.3, 0.4) is 0 Å². The van der Waals surface area contributed by atoms with E-state index >= 15 is 0 Å². The molecule has 0 saturated carbocycles. The van der Waals surface area contributed by atoms with Crippen molar-refractivity contribution in [1.29, 1.82) is 0 Å². The molecule has 106 valence electrons. The Balaban J connectivity index is 2.04. The van der Waals surface area contributed by atoms with Crippen LogP contribution in [0.2, 0.25) is 0 Å². The second kappa shape index (κ2) is 4.97. The predicted molar refractivity (Wildman–Crippen MR) is 72.8 cm³/mol. The standard InChI is InChI=1S/C15H10F2N2O2/c16-10-3-2-9(7-11(10)17)15-18-12-4-1-8(6-14(20)21)5-13(12)19-15/h1-5,7H,6H2,(H,18,19)(H,20,21). The third kappa shape index (κ3) is 2.60. The summed E-state index contributed by atoms with van der Waals surface area (Å²) < 4.78 is 26.2. The number of rotatable bonds is 3. The number of fused-ring (bicyclic) bond motifs is 1. The van der Waals surface area contributed by atoms with Gasteiger partial charge in [0.25, 0.3) is 0 Å². The maximum atomic E-state index is 13.2. The third-order valence-corrected chi connectivity index (χ3v) is 3.09. The minimum absolute atomic E-state index is 0.0878. The summed E-state index contributed by atoms with van der Waals surface area (Å²) in [6.07, 6.45) is -0.0878. The summed E-state index contributed by atoms with van der Waals surface area (Å²) in [5.74, 6) is -2.39. The van der Waals surface area contributed by atoms with Gasteiger partial charge in [-0.1, -0.05) is 6.07 Å². The van der Waals surface area contributed by atoms with E-state index in [1.54, 1.807) is 18.2 Å². The van der Waals surface area contributed by atoms with E-state index in [4.69, 9.17) is 5.11 Å². The van der Waals surface area contributed by atoms with Crippen LogP contribution in [-0.2, 0) is 11.2 Å². The van der Waals surface area contributed by atoms with Crippen molar-refractivity contribution in [2.75, 3.05) is 0 Å². The van der Waals surface area contributed by atoms with E-state index in [0.29, 0.717) is 28.0 Å². The number of carbonyl (C=O) groups is 1. The van der Waals surface area contributed by atoms with Crippen molar-refractivity contribution in [2.24, 2.45) is 0 Å². The molecule has 0 spiro atoms. The Hall–Kier alpha value is -2.76. The maximum Gasteiger partial charge on any atom is 0.307 e. The van der Waals surface area contributed by atoms with Crippen molar-refractivity contribution in [3.05, 3.63) is 53.6 Å². The second-order valence-electron chi connectivity index (χ2n) is 4.64. The smallest absolute Gasteiger partial charge is 0.307 e. The molecule has 21 heavy (non-hydrogen) atoms. The van der Waals surface area contributed by atoms with Crippen molar-refractivity contribution in [3.8, 4) is 11.4 Å². The first-order valence-corrected chi connectivity index (χ1v) is 6.19. The van der Waals surface area contributed by atoms with E-state index in [-0.39, 0.29) is 6.42 Å². The lowest BCUT2D eigenvalue weighted by Gasteiger charge is -1.97. The van der Waals surface area contributed by atoms with E-state index < -0.39 is 17.6 Å². The first-order valence-electron chi connectivity index (χ1n) is 6.19. The molecule has 4 nitrogen and oxygen atoms in total. The molecule has 2 aromatic carbocycles. The van der Waals surface area contributed by atoms with Gasteiger partial charge in [-0.05, 0) is 35.9 Å². The average molecular weight is 288 g/mol. The molecule has 0 bridgehead atoms. The zero-order valence-corrected chi connectivity index (χ0v) is 10.7. The predicted octanol–water partition coefficient (Wildman–Crippen LogP) is 3.14. The maximum absolute atomic E-state index is 13.2. The number of aliphatic carboxylic acids is 1. The summed E-state index contributed by atoms with van der Waals surface area (Å²) in [7, 11) is 0. The van der Waals surface area contributed by atoms with Crippen molar-refractivity contribution in [3.63, 3.8) is 0 Å². The molecule has 0 radical (unpaired) electrons. The molecule has 0 aliphatic carbocycles. The Morgan fingerprint density at radius 2 is 1.95 bits per heavy atom. The molecule has 0 saturated heterocycles. The second-order valence-corrected chi connectivity index (χ2v) is 4.64. The molecule has 0 aliphatic rings. The van der Waals surface area contributed by atoms with E-state index in [9.17, 15) is 13.6 Å². The van der Waals surface area contributed by atoms with Crippen molar-refractivity contribution in [1.82, 2.24) is 9.97 Å². The van der Waals surface area contributed by atoms with Gasteiger partial charge in [0.15, 0.2) is 11.6 Å². The van der Waals surface area contributed by atoms with E-state index in [0.717, 1.165) is 12.1 Å². The molecule has 1 aromatic heterocycles. The number of benzene rings is 2. The average Bonchev–Trinajstić information content (AvgIpc) is 2.84. The number of halogens is 2. The number of aromatic nitrogens is 2. The Morgan fingerprint density at radius 3 is 2.67 bits per heavy atom. The number of carboxylic acids is 1. The van der Waals surface area contributed by atoms with Gasteiger partial charge in [0.2, 0.25) is 0 Å². The molecule has 3 aromatic rings. The van der Waals surface area contributed by atoms with Gasteiger partial charge in [0.1, 0.15) is 5.82 Å². The number of aromatic amines is 1. The van der Waals surface area contributed by atoms with Gasteiger partial charge < -0.3 is 10.1 Å².